The van der Waals surface area contributed by atoms with Gasteiger partial charge in [-0.2, -0.15) is 0 Å². The van der Waals surface area contributed by atoms with E-state index in [9.17, 15) is 19.2 Å². The van der Waals surface area contributed by atoms with Crippen LogP contribution in [0.3, 0.4) is 0 Å². The third-order valence-corrected chi connectivity index (χ3v) is 10.0. The molecule has 1 aromatic carbocycles. The van der Waals surface area contributed by atoms with Gasteiger partial charge in [0.2, 0.25) is 17.2 Å². The number of thiophene rings is 1. The molecule has 0 bridgehead atoms. The summed E-state index contributed by atoms with van der Waals surface area (Å²) in [7, 11) is 5.79. The van der Waals surface area contributed by atoms with Gasteiger partial charge in [0.1, 0.15) is 27.9 Å². The second kappa shape index (κ2) is 9.08. The second-order valence-electron chi connectivity index (χ2n) is 9.96. The van der Waals surface area contributed by atoms with Crippen LogP contribution in [-0.4, -0.2) is 40.5 Å². The number of halogens is 2. The fourth-order valence-corrected chi connectivity index (χ4v) is 7.77. The fourth-order valence-electron chi connectivity index (χ4n) is 5.96. The Balaban J connectivity index is 1.61. The Morgan fingerprint density at radius 3 is 2.42 bits per heavy atom. The highest BCUT2D eigenvalue weighted by Gasteiger charge is 2.64. The molecule has 1 aliphatic carbocycles. The number of nitrogens with zero attached hydrogens (tertiary/aromatic N) is 2. The van der Waals surface area contributed by atoms with Gasteiger partial charge in [-0.1, -0.05) is 18.5 Å². The van der Waals surface area contributed by atoms with Gasteiger partial charge in [0.05, 0.1) is 29.5 Å². The lowest BCUT2D eigenvalue weighted by molar-refractivity contribution is -0.130. The molecule has 4 heterocycles. The summed E-state index contributed by atoms with van der Waals surface area (Å²) in [6, 6.07) is 5.13. The first-order valence-electron chi connectivity index (χ1n) is 12.3. The Morgan fingerprint density at radius 1 is 1.10 bits per heavy atom. The fraction of sp³-hybridized carbons (Fsp3) is 0.333. The molecule has 3 aliphatic rings. The highest BCUT2D eigenvalue weighted by molar-refractivity contribution is 9.11. The predicted octanol–water partition coefficient (Wildman–Crippen LogP) is 4.01. The van der Waals surface area contributed by atoms with Crippen LogP contribution in [0.2, 0.25) is 5.02 Å². The van der Waals surface area contributed by atoms with Gasteiger partial charge >= 0.3 is 5.69 Å². The van der Waals surface area contributed by atoms with E-state index in [1.54, 1.807) is 14.0 Å². The van der Waals surface area contributed by atoms with E-state index in [0.717, 1.165) is 8.35 Å². The van der Waals surface area contributed by atoms with E-state index in [1.165, 1.54) is 43.2 Å². The Bertz CT molecular complexity index is 1820. The van der Waals surface area contributed by atoms with Crippen LogP contribution in [0.15, 0.2) is 42.8 Å². The molecule has 0 amide bonds. The first-order valence-corrected chi connectivity index (χ1v) is 14.2. The number of hydrogen-bond donors (Lipinski definition) is 1. The van der Waals surface area contributed by atoms with E-state index in [-0.39, 0.29) is 45.4 Å². The van der Waals surface area contributed by atoms with E-state index in [0.29, 0.717) is 16.4 Å². The van der Waals surface area contributed by atoms with Gasteiger partial charge in [0, 0.05) is 42.2 Å². The lowest BCUT2D eigenvalue weighted by Crippen LogP contribution is -2.58. The maximum absolute atomic E-state index is 14.7. The van der Waals surface area contributed by atoms with Crippen molar-refractivity contribution in [2.24, 2.45) is 20.0 Å². The summed E-state index contributed by atoms with van der Waals surface area (Å²) in [6.45, 7) is 1.75. The van der Waals surface area contributed by atoms with Crippen molar-refractivity contribution in [2.45, 2.75) is 24.9 Å². The summed E-state index contributed by atoms with van der Waals surface area (Å²) < 4.78 is 20.3. The summed E-state index contributed by atoms with van der Waals surface area (Å²) >= 11 is 11.4. The molecule has 0 unspecified atom stereocenters. The van der Waals surface area contributed by atoms with Crippen LogP contribution in [-0.2, 0) is 18.9 Å². The summed E-state index contributed by atoms with van der Waals surface area (Å²) in [4.78, 5) is 56.1. The monoisotopic (exact) mass is 647 g/mol. The van der Waals surface area contributed by atoms with Gasteiger partial charge < -0.3 is 19.5 Å². The van der Waals surface area contributed by atoms with Crippen LogP contribution in [0.25, 0.3) is 0 Å². The molecule has 0 saturated carbocycles. The number of ether oxygens (including phenoxy) is 3. The normalized spacial score (nSPS) is 23.0. The van der Waals surface area contributed by atoms with Crippen molar-refractivity contribution in [3.63, 3.8) is 0 Å². The molecule has 2 aromatic heterocycles. The van der Waals surface area contributed by atoms with Crippen molar-refractivity contribution in [1.82, 2.24) is 9.13 Å². The zero-order valence-electron chi connectivity index (χ0n) is 22.0. The number of methoxy groups -OCH3 is 2. The average Bonchev–Trinajstić information content (AvgIpc) is 3.51. The molecule has 3 aromatic rings. The summed E-state index contributed by atoms with van der Waals surface area (Å²) in [5.41, 5.74) is -1.92. The standard InChI is InChI=1S/C27H23BrClN3O7S/c1-10-8-11-16(22(33)27(10)23(34)17-12(37-4)9-13(38-5)20(29)21(17)39-27)18(14-6-7-15(28)40-14)19-24(30-11)31(2)26(36)32(3)25(19)35/h6-7,9-10,18,30H,8H2,1-5H3/t10-,18+,27+/m1/s1. The molecule has 0 saturated heterocycles. The minimum absolute atomic E-state index is 0.0185. The van der Waals surface area contributed by atoms with Gasteiger partial charge in [-0.25, -0.2) is 4.79 Å². The topological polar surface area (TPSA) is 118 Å². The molecule has 3 atom stereocenters. The maximum atomic E-state index is 14.7. The molecule has 2 aliphatic heterocycles. The van der Waals surface area contributed by atoms with Gasteiger partial charge in [0.25, 0.3) is 5.56 Å². The highest BCUT2D eigenvalue weighted by atomic mass is 79.9. The van der Waals surface area contributed by atoms with Gasteiger partial charge in [-0.3, -0.25) is 23.5 Å². The number of nitrogens with one attached hydrogen (secondary N) is 1. The number of hydrogen-bond acceptors (Lipinski definition) is 9. The van der Waals surface area contributed by atoms with E-state index in [2.05, 4.69) is 21.2 Å². The quantitative estimate of drug-likeness (QED) is 0.424. The van der Waals surface area contributed by atoms with Crippen LogP contribution >= 0.6 is 38.9 Å². The molecule has 208 valence electrons. The number of aromatic nitrogens is 2. The molecule has 40 heavy (non-hydrogen) atoms. The average molecular weight is 649 g/mol. The molecule has 1 N–H and O–H groups in total. The van der Waals surface area contributed by atoms with Crippen LogP contribution < -0.4 is 30.8 Å². The third kappa shape index (κ3) is 3.32. The first kappa shape index (κ1) is 26.9. The molecule has 10 nitrogen and oxygen atoms in total. The number of anilines is 1. The molecule has 0 fully saturated rings. The Morgan fingerprint density at radius 2 is 1.80 bits per heavy atom. The summed E-state index contributed by atoms with van der Waals surface area (Å²) in [6.07, 6.45) is 0.226. The number of rotatable bonds is 3. The number of fused-ring (bicyclic) bond motifs is 2. The van der Waals surface area contributed by atoms with Crippen LogP contribution in [0.5, 0.6) is 17.2 Å². The van der Waals surface area contributed by atoms with Crippen molar-refractivity contribution < 1.29 is 23.8 Å². The van der Waals surface area contributed by atoms with Crippen molar-refractivity contribution in [3.8, 4) is 17.2 Å². The predicted molar refractivity (Wildman–Crippen MR) is 152 cm³/mol. The summed E-state index contributed by atoms with van der Waals surface area (Å²) in [5, 5.41) is 3.26. The van der Waals surface area contributed by atoms with Crippen molar-refractivity contribution in [1.29, 1.82) is 0 Å². The van der Waals surface area contributed by atoms with Crippen LogP contribution in [0.4, 0.5) is 5.82 Å². The Kier molecular flexibility index (Phi) is 6.10. The van der Waals surface area contributed by atoms with Crippen LogP contribution in [0.1, 0.15) is 40.1 Å². The number of carbonyl (C=O) groups is 2. The van der Waals surface area contributed by atoms with Gasteiger partial charge in [0.15, 0.2) is 5.75 Å². The molecule has 0 radical (unpaired) electrons. The smallest absolute Gasteiger partial charge is 0.332 e. The van der Waals surface area contributed by atoms with E-state index >= 15 is 0 Å². The molecule has 6 rings (SSSR count). The SMILES string of the molecule is COc1cc(OC)c2c(c1Cl)O[C@@]1(C(=O)C3=C(C[C@H]1C)Nc1c(c(=O)n(C)c(=O)n1C)[C@H]3c1ccc(Br)s1)C2=O. The van der Waals surface area contributed by atoms with Gasteiger partial charge in [-0.05, 0) is 34.5 Å². The number of carbonyl (C=O) groups excluding carboxylic acids is 2. The number of benzene rings is 1. The van der Waals surface area contributed by atoms with E-state index in [4.69, 9.17) is 25.8 Å². The minimum Gasteiger partial charge on any atom is -0.496 e. The Labute approximate surface area is 245 Å². The molecule has 13 heteroatoms. The number of Topliss-reactive ketones (excluding diaryl/α,β-unsaturated/α-hetero) is 2. The van der Waals surface area contributed by atoms with E-state index in [1.807, 2.05) is 12.1 Å². The maximum Gasteiger partial charge on any atom is 0.332 e. The van der Waals surface area contributed by atoms with Crippen molar-refractivity contribution >= 4 is 56.3 Å². The summed E-state index contributed by atoms with van der Waals surface area (Å²) in [5.74, 6) is -1.90. The minimum atomic E-state index is -1.94. The lowest BCUT2D eigenvalue weighted by atomic mass is 9.66. The zero-order chi connectivity index (χ0) is 28.8. The second-order valence-corrected chi connectivity index (χ2v) is 12.8. The zero-order valence-corrected chi connectivity index (χ0v) is 25.2. The number of allylic oxidation sites excluding steroid dienone is 1. The third-order valence-electron chi connectivity index (χ3n) is 7.95. The van der Waals surface area contributed by atoms with Crippen LogP contribution in [0, 0.1) is 5.92 Å². The molecule has 1 spiro atoms. The van der Waals surface area contributed by atoms with Crippen molar-refractivity contribution in [3.05, 3.63) is 75.1 Å². The number of ketones is 2. The largest absolute Gasteiger partial charge is 0.496 e. The Hall–Kier alpha value is -3.35. The molecular weight excluding hydrogens is 626 g/mol. The first-order chi connectivity index (χ1) is 19.0. The molecular formula is C27H23BrClN3O7S. The van der Waals surface area contributed by atoms with Gasteiger partial charge in [-0.15, -0.1) is 11.3 Å². The van der Waals surface area contributed by atoms with E-state index < -0.39 is 40.3 Å². The lowest BCUT2D eigenvalue weighted by Gasteiger charge is -2.42. The highest BCUT2D eigenvalue weighted by Crippen LogP contribution is 2.56. The van der Waals surface area contributed by atoms with Crippen molar-refractivity contribution in [2.75, 3.05) is 19.5 Å².